The van der Waals surface area contributed by atoms with Crippen LogP contribution in [0.2, 0.25) is 5.02 Å². The number of halogens is 1. The first kappa shape index (κ1) is 19.8. The maximum Gasteiger partial charge on any atom is 0.311 e. The van der Waals surface area contributed by atoms with Gasteiger partial charge in [-0.2, -0.15) is 0 Å². The first-order valence-electron chi connectivity index (χ1n) is 10.9. The molecular formula is C23H29ClO5. The lowest BCUT2D eigenvalue weighted by molar-refractivity contribution is -0.559. The van der Waals surface area contributed by atoms with Crippen molar-refractivity contribution in [2.45, 2.75) is 76.5 Å². The van der Waals surface area contributed by atoms with Crippen LogP contribution >= 0.6 is 11.6 Å². The SMILES string of the molecule is C[C@@H]1CC[C@H]2[C@@H](CCCc3ccc(Cl)cc3)C(=O)O[C@@H]3O[C@@]4(C)CC[C@@H]1[C@]32OO4. The molecule has 2 bridgehead atoms. The van der Waals surface area contributed by atoms with E-state index in [9.17, 15) is 4.79 Å². The predicted molar refractivity (Wildman–Crippen MR) is 107 cm³/mol. The third-order valence-corrected chi connectivity index (χ3v) is 7.93. The third-order valence-electron chi connectivity index (χ3n) is 7.68. The molecule has 158 valence electrons. The number of hydrogen-bond donors (Lipinski definition) is 0. The summed E-state index contributed by atoms with van der Waals surface area (Å²) < 4.78 is 12.1. The summed E-state index contributed by atoms with van der Waals surface area (Å²) in [5.41, 5.74) is 0.558. The number of ether oxygens (including phenoxy) is 2. The minimum atomic E-state index is -0.834. The zero-order valence-electron chi connectivity index (χ0n) is 17.1. The summed E-state index contributed by atoms with van der Waals surface area (Å²) in [4.78, 5) is 24.9. The molecule has 1 spiro atoms. The molecule has 5 fully saturated rings. The molecule has 1 aromatic rings. The van der Waals surface area contributed by atoms with E-state index in [1.165, 1.54) is 5.56 Å². The van der Waals surface area contributed by atoms with Gasteiger partial charge in [-0.25, -0.2) is 9.78 Å². The highest BCUT2D eigenvalue weighted by atomic mass is 35.5. The molecule has 6 heteroatoms. The van der Waals surface area contributed by atoms with Crippen molar-refractivity contribution in [3.8, 4) is 0 Å². The fourth-order valence-electron chi connectivity index (χ4n) is 6.11. The Bertz CT molecular complexity index is 782. The van der Waals surface area contributed by atoms with E-state index >= 15 is 0 Å². The number of hydrogen-bond acceptors (Lipinski definition) is 5. The van der Waals surface area contributed by atoms with Crippen LogP contribution in [-0.4, -0.2) is 23.6 Å². The van der Waals surface area contributed by atoms with Gasteiger partial charge in [0.15, 0.2) is 5.60 Å². The summed E-state index contributed by atoms with van der Waals surface area (Å²) in [5.74, 6) is -0.310. The maximum atomic E-state index is 13.0. The first-order chi connectivity index (χ1) is 13.9. The van der Waals surface area contributed by atoms with Crippen molar-refractivity contribution in [2.24, 2.45) is 23.7 Å². The molecule has 6 rings (SSSR count). The van der Waals surface area contributed by atoms with Crippen molar-refractivity contribution in [1.29, 1.82) is 0 Å². The molecule has 5 aliphatic rings. The van der Waals surface area contributed by atoms with Crippen LogP contribution in [-0.2, 0) is 30.5 Å². The van der Waals surface area contributed by atoms with Crippen LogP contribution < -0.4 is 0 Å². The molecule has 7 atom stereocenters. The first-order valence-corrected chi connectivity index (χ1v) is 11.3. The van der Waals surface area contributed by atoms with Gasteiger partial charge in [0.1, 0.15) is 0 Å². The fraction of sp³-hybridized carbons (Fsp3) is 0.696. The zero-order chi connectivity index (χ0) is 20.2. The van der Waals surface area contributed by atoms with Crippen molar-refractivity contribution in [2.75, 3.05) is 0 Å². The second-order valence-electron chi connectivity index (χ2n) is 9.47. The van der Waals surface area contributed by atoms with E-state index < -0.39 is 17.7 Å². The van der Waals surface area contributed by atoms with Gasteiger partial charge >= 0.3 is 5.97 Å². The molecular weight excluding hydrogens is 392 g/mol. The number of carbonyl (C=O) groups is 1. The van der Waals surface area contributed by atoms with Crippen LogP contribution in [0.15, 0.2) is 24.3 Å². The van der Waals surface area contributed by atoms with Gasteiger partial charge in [-0.1, -0.05) is 30.7 Å². The molecule has 0 amide bonds. The minimum absolute atomic E-state index is 0.0721. The lowest BCUT2D eigenvalue weighted by atomic mass is 9.57. The van der Waals surface area contributed by atoms with Gasteiger partial charge in [-0.3, -0.25) is 4.79 Å². The van der Waals surface area contributed by atoms with Gasteiger partial charge in [-0.15, -0.1) is 0 Å². The molecule has 1 aliphatic carbocycles. The second kappa shape index (κ2) is 7.23. The Morgan fingerprint density at radius 1 is 1.10 bits per heavy atom. The molecule has 4 aliphatic heterocycles. The summed E-state index contributed by atoms with van der Waals surface area (Å²) in [6.07, 6.45) is 5.71. The van der Waals surface area contributed by atoms with Gasteiger partial charge in [0.2, 0.25) is 12.1 Å². The summed E-state index contributed by atoms with van der Waals surface area (Å²) in [7, 11) is 0. The fourth-order valence-corrected chi connectivity index (χ4v) is 6.24. The smallest absolute Gasteiger partial charge is 0.311 e. The Kier molecular flexibility index (Phi) is 4.93. The van der Waals surface area contributed by atoms with Crippen molar-refractivity contribution in [3.05, 3.63) is 34.9 Å². The lowest BCUT2D eigenvalue weighted by Crippen LogP contribution is -2.70. The number of fused-ring (bicyclic) bond motifs is 2. The number of carbonyl (C=O) groups excluding carboxylic acids is 1. The molecule has 5 nitrogen and oxygen atoms in total. The van der Waals surface area contributed by atoms with Crippen LogP contribution in [0.25, 0.3) is 0 Å². The molecule has 1 saturated carbocycles. The van der Waals surface area contributed by atoms with Gasteiger partial charge in [-0.05, 0) is 69.1 Å². The number of esters is 1. The lowest BCUT2D eigenvalue weighted by Gasteiger charge is -2.58. The molecule has 0 N–H and O–H groups in total. The monoisotopic (exact) mass is 420 g/mol. The molecule has 0 aromatic heterocycles. The van der Waals surface area contributed by atoms with Gasteiger partial charge in [0, 0.05) is 23.3 Å². The quantitative estimate of drug-likeness (QED) is 0.503. The highest BCUT2D eigenvalue weighted by Crippen LogP contribution is 2.60. The predicted octanol–water partition coefficient (Wildman–Crippen LogP) is 5.05. The van der Waals surface area contributed by atoms with Crippen LogP contribution in [0.3, 0.4) is 0 Å². The minimum Gasteiger partial charge on any atom is -0.432 e. The zero-order valence-corrected chi connectivity index (χ0v) is 17.8. The topological polar surface area (TPSA) is 54.0 Å². The Labute approximate surface area is 176 Å². The van der Waals surface area contributed by atoms with Crippen LogP contribution in [0.1, 0.15) is 57.9 Å². The number of aryl methyl sites for hydroxylation is 1. The molecule has 1 aromatic carbocycles. The van der Waals surface area contributed by atoms with Gasteiger partial charge in [0.25, 0.3) is 0 Å². The van der Waals surface area contributed by atoms with Crippen LogP contribution in [0.4, 0.5) is 0 Å². The van der Waals surface area contributed by atoms with E-state index in [4.69, 9.17) is 30.8 Å². The average molecular weight is 421 g/mol. The van der Waals surface area contributed by atoms with Gasteiger partial charge < -0.3 is 9.47 Å². The normalized spacial score (nSPS) is 43.4. The third kappa shape index (κ3) is 3.21. The molecule has 29 heavy (non-hydrogen) atoms. The second-order valence-corrected chi connectivity index (χ2v) is 9.91. The molecule has 4 heterocycles. The van der Waals surface area contributed by atoms with E-state index in [0.717, 1.165) is 50.0 Å². The maximum absolute atomic E-state index is 13.0. The largest absolute Gasteiger partial charge is 0.432 e. The van der Waals surface area contributed by atoms with Crippen LogP contribution in [0, 0.1) is 23.7 Å². The summed E-state index contributed by atoms with van der Waals surface area (Å²) in [5, 5.41) is 0.743. The van der Waals surface area contributed by atoms with E-state index in [-0.39, 0.29) is 23.7 Å². The van der Waals surface area contributed by atoms with E-state index in [1.54, 1.807) is 0 Å². The highest BCUT2D eigenvalue weighted by molar-refractivity contribution is 6.30. The Morgan fingerprint density at radius 3 is 2.69 bits per heavy atom. The summed E-state index contributed by atoms with van der Waals surface area (Å²) in [6.45, 7) is 4.16. The molecule has 0 radical (unpaired) electrons. The van der Waals surface area contributed by atoms with Crippen molar-refractivity contribution < 1.29 is 24.0 Å². The average Bonchev–Trinajstić information content (AvgIpc) is 2.92. The van der Waals surface area contributed by atoms with E-state index in [1.807, 2.05) is 31.2 Å². The number of rotatable bonds is 4. The Morgan fingerprint density at radius 2 is 1.90 bits per heavy atom. The summed E-state index contributed by atoms with van der Waals surface area (Å²) >= 11 is 5.98. The van der Waals surface area contributed by atoms with Gasteiger partial charge in [0.05, 0.1) is 5.92 Å². The summed E-state index contributed by atoms with van der Waals surface area (Å²) in [6, 6.07) is 7.92. The highest BCUT2D eigenvalue weighted by Gasteiger charge is 2.70. The Balaban J connectivity index is 1.37. The van der Waals surface area contributed by atoms with E-state index in [0.29, 0.717) is 5.92 Å². The number of benzene rings is 1. The standard InChI is InChI=1S/C23H29ClO5/c1-14-6-11-19-17(5-3-4-15-7-9-16(24)10-8-15)20(25)26-21-23(19)18(14)12-13-22(2,27-21)28-29-23/h7-10,14,17-19,21H,3-6,11-13H2,1-2H3/t14-,17-,18+,19+,21-,22-,23-/m1/s1. The molecule has 0 unspecified atom stereocenters. The Hall–Kier alpha value is -1.14. The molecule has 4 saturated heterocycles. The van der Waals surface area contributed by atoms with Crippen molar-refractivity contribution in [1.82, 2.24) is 0 Å². The van der Waals surface area contributed by atoms with Crippen molar-refractivity contribution in [3.63, 3.8) is 0 Å². The van der Waals surface area contributed by atoms with E-state index in [2.05, 4.69) is 6.92 Å². The van der Waals surface area contributed by atoms with Crippen molar-refractivity contribution >= 4 is 17.6 Å². The van der Waals surface area contributed by atoms with Crippen LogP contribution in [0.5, 0.6) is 0 Å².